The van der Waals surface area contributed by atoms with Crippen LogP contribution < -0.4 is 5.32 Å². The summed E-state index contributed by atoms with van der Waals surface area (Å²) in [4.78, 5) is 24.6. The van der Waals surface area contributed by atoms with Crippen molar-refractivity contribution >= 4 is 35.4 Å². The second-order valence-electron chi connectivity index (χ2n) is 6.65. The summed E-state index contributed by atoms with van der Waals surface area (Å²) in [6, 6.07) is 9.75. The highest BCUT2D eigenvalue weighted by Gasteiger charge is 2.17. The minimum absolute atomic E-state index is 0.188. The van der Waals surface area contributed by atoms with Crippen molar-refractivity contribution in [2.24, 2.45) is 0 Å². The van der Waals surface area contributed by atoms with Crippen LogP contribution in [0.5, 0.6) is 0 Å². The molecule has 1 N–H and O–H groups in total. The lowest BCUT2D eigenvalue weighted by Crippen LogP contribution is -2.21. The number of halogens is 2. The van der Waals surface area contributed by atoms with Crippen molar-refractivity contribution in [1.82, 2.24) is 4.57 Å². The summed E-state index contributed by atoms with van der Waals surface area (Å²) in [7, 11) is 0. The summed E-state index contributed by atoms with van der Waals surface area (Å²) in [5.74, 6) is -4.28. The molecule has 0 unspecified atom stereocenters. The Balaban J connectivity index is 2.05. The number of alkyl halides is 2. The van der Waals surface area contributed by atoms with E-state index >= 15 is 0 Å². The minimum Gasteiger partial charge on any atom is -0.451 e. The van der Waals surface area contributed by atoms with Gasteiger partial charge in [0.05, 0.1) is 5.69 Å². The lowest BCUT2D eigenvalue weighted by atomic mass is 10.1. The molecule has 2 aromatic rings. The van der Waals surface area contributed by atoms with Gasteiger partial charge in [-0.3, -0.25) is 4.79 Å². The number of aromatic nitrogens is 1. The molecule has 1 heterocycles. The number of thioether (sulfide) groups is 1. The summed E-state index contributed by atoms with van der Waals surface area (Å²) in [5.41, 5.74) is 2.61. The van der Waals surface area contributed by atoms with E-state index < -0.39 is 24.2 Å². The van der Waals surface area contributed by atoms with Crippen molar-refractivity contribution in [3.63, 3.8) is 0 Å². The van der Waals surface area contributed by atoms with E-state index in [0.717, 1.165) is 29.9 Å². The number of hydrogen-bond donors (Lipinski definition) is 1. The lowest BCUT2D eigenvalue weighted by Gasteiger charge is -2.10. The topological polar surface area (TPSA) is 84.1 Å². The molecular formula is C22H23F2N3O3S. The predicted octanol–water partition coefficient (Wildman–Crippen LogP) is 4.92. The third-order valence-corrected chi connectivity index (χ3v) is 5.20. The molecule has 0 atom stereocenters. The summed E-state index contributed by atoms with van der Waals surface area (Å²) in [5, 5.41) is 11.8. The average Bonchev–Trinajstić information content (AvgIpc) is 2.99. The van der Waals surface area contributed by atoms with Crippen molar-refractivity contribution in [2.45, 2.75) is 44.4 Å². The van der Waals surface area contributed by atoms with Gasteiger partial charge in [0.15, 0.2) is 6.61 Å². The highest BCUT2D eigenvalue weighted by Crippen LogP contribution is 2.31. The Kier molecular flexibility index (Phi) is 8.82. The van der Waals surface area contributed by atoms with E-state index in [-0.39, 0.29) is 16.2 Å². The van der Waals surface area contributed by atoms with Gasteiger partial charge in [-0.1, -0.05) is 30.8 Å². The van der Waals surface area contributed by atoms with E-state index in [1.54, 1.807) is 18.2 Å². The molecule has 0 aliphatic carbocycles. The Morgan fingerprint density at radius 2 is 2.03 bits per heavy atom. The number of nitrogens with zero attached hydrogens (tertiary/aromatic N) is 2. The number of amides is 1. The summed E-state index contributed by atoms with van der Waals surface area (Å²) >= 11 is 0.299. The fourth-order valence-electron chi connectivity index (χ4n) is 3.00. The molecule has 0 saturated heterocycles. The number of nitriles is 1. The largest absolute Gasteiger partial charge is 0.451 e. The molecule has 6 nitrogen and oxygen atoms in total. The Morgan fingerprint density at radius 3 is 2.68 bits per heavy atom. The third kappa shape index (κ3) is 6.69. The number of carbonyl (C=O) groups excluding carboxylic acids is 2. The third-order valence-electron chi connectivity index (χ3n) is 4.41. The van der Waals surface area contributed by atoms with Gasteiger partial charge in [-0.05, 0) is 50.1 Å². The maximum Gasteiger partial charge on any atom is 0.349 e. The lowest BCUT2D eigenvalue weighted by molar-refractivity contribution is -0.142. The molecule has 1 aromatic heterocycles. The zero-order valence-corrected chi connectivity index (χ0v) is 18.3. The van der Waals surface area contributed by atoms with Crippen LogP contribution in [0.2, 0.25) is 0 Å². The van der Waals surface area contributed by atoms with E-state index in [4.69, 9.17) is 4.74 Å². The maximum atomic E-state index is 12.6. The van der Waals surface area contributed by atoms with Crippen LogP contribution >= 0.6 is 11.8 Å². The predicted molar refractivity (Wildman–Crippen MR) is 116 cm³/mol. The van der Waals surface area contributed by atoms with E-state index in [1.165, 1.54) is 18.2 Å². The zero-order valence-electron chi connectivity index (χ0n) is 17.4. The van der Waals surface area contributed by atoms with Crippen LogP contribution in [0.15, 0.2) is 40.8 Å². The van der Waals surface area contributed by atoms with Crippen LogP contribution in [0.1, 0.15) is 30.3 Å². The number of hydrogen-bond acceptors (Lipinski definition) is 5. The summed E-state index contributed by atoms with van der Waals surface area (Å²) in [6.45, 7) is 6.07. The monoisotopic (exact) mass is 447 g/mol. The Labute approximate surface area is 183 Å². The van der Waals surface area contributed by atoms with Crippen molar-refractivity contribution in [2.75, 3.05) is 11.9 Å². The van der Waals surface area contributed by atoms with Crippen molar-refractivity contribution in [3.8, 4) is 6.07 Å². The Bertz CT molecular complexity index is 1030. The number of benzene rings is 1. The molecule has 0 bridgehead atoms. The number of nitrogens with one attached hydrogen (secondary N) is 1. The second-order valence-corrected chi connectivity index (χ2v) is 7.68. The number of rotatable bonds is 9. The maximum absolute atomic E-state index is 12.6. The summed E-state index contributed by atoms with van der Waals surface area (Å²) in [6.07, 6.45) is 2.38. The molecule has 9 heteroatoms. The van der Waals surface area contributed by atoms with Crippen LogP contribution in [0, 0.1) is 25.2 Å². The average molecular weight is 448 g/mol. The first-order valence-electron chi connectivity index (χ1n) is 9.56. The van der Waals surface area contributed by atoms with Gasteiger partial charge in [-0.15, -0.1) is 0 Å². The molecule has 164 valence electrons. The van der Waals surface area contributed by atoms with E-state index in [2.05, 4.69) is 16.8 Å². The molecule has 0 radical (unpaired) electrons. The second kappa shape index (κ2) is 11.3. The smallest absolute Gasteiger partial charge is 0.349 e. The number of ether oxygens (including phenoxy) is 1. The minimum atomic E-state index is -2.64. The van der Waals surface area contributed by atoms with E-state index in [9.17, 15) is 23.6 Å². The molecule has 1 amide bonds. The van der Waals surface area contributed by atoms with Gasteiger partial charge in [-0.2, -0.15) is 14.0 Å². The van der Waals surface area contributed by atoms with Gasteiger partial charge >= 0.3 is 5.97 Å². The molecular weight excluding hydrogens is 424 g/mol. The Morgan fingerprint density at radius 1 is 1.32 bits per heavy atom. The van der Waals surface area contributed by atoms with Crippen LogP contribution in [0.25, 0.3) is 6.08 Å². The van der Waals surface area contributed by atoms with Gasteiger partial charge in [0.25, 0.3) is 11.7 Å². The first kappa shape index (κ1) is 24.2. The van der Waals surface area contributed by atoms with Crippen LogP contribution in [-0.4, -0.2) is 28.8 Å². The molecule has 1 aromatic carbocycles. The van der Waals surface area contributed by atoms with Gasteiger partial charge in [0, 0.05) is 22.8 Å². The highest BCUT2D eigenvalue weighted by molar-refractivity contribution is 7.99. The van der Waals surface area contributed by atoms with E-state index in [0.29, 0.717) is 11.8 Å². The zero-order chi connectivity index (χ0) is 23.0. The van der Waals surface area contributed by atoms with Crippen LogP contribution in [0.4, 0.5) is 14.5 Å². The van der Waals surface area contributed by atoms with Crippen LogP contribution in [0.3, 0.4) is 0 Å². The molecule has 0 saturated carbocycles. The number of aryl methyl sites for hydroxylation is 1. The SMILES string of the molecule is CCCn1c(C)cc(C=C(C#N)C(=O)OCC(=O)Nc2ccccc2SC(F)F)c1C. The van der Waals surface area contributed by atoms with Crippen molar-refractivity contribution in [3.05, 3.63) is 52.9 Å². The van der Waals surface area contributed by atoms with Gasteiger partial charge < -0.3 is 14.6 Å². The van der Waals surface area contributed by atoms with Crippen molar-refractivity contribution in [1.29, 1.82) is 5.26 Å². The number of anilines is 1. The normalized spacial score (nSPS) is 11.3. The molecule has 0 fully saturated rings. The fraction of sp³-hybridized carbons (Fsp3) is 0.318. The molecule has 31 heavy (non-hydrogen) atoms. The van der Waals surface area contributed by atoms with Gasteiger partial charge in [0.2, 0.25) is 0 Å². The molecule has 2 rings (SSSR count). The molecule has 0 aliphatic rings. The fourth-order valence-corrected chi connectivity index (χ4v) is 3.59. The van der Waals surface area contributed by atoms with Crippen LogP contribution in [-0.2, 0) is 20.9 Å². The van der Waals surface area contributed by atoms with Gasteiger partial charge in [-0.25, -0.2) is 4.79 Å². The Hall–Kier alpha value is -3.12. The highest BCUT2D eigenvalue weighted by atomic mass is 32.2. The number of esters is 1. The number of para-hydroxylation sites is 1. The molecule has 0 aliphatic heterocycles. The quantitative estimate of drug-likeness (QED) is 0.255. The first-order valence-corrected chi connectivity index (χ1v) is 10.4. The number of carbonyl (C=O) groups is 2. The summed E-state index contributed by atoms with van der Waals surface area (Å²) < 4.78 is 32.3. The molecule has 0 spiro atoms. The van der Waals surface area contributed by atoms with Crippen molar-refractivity contribution < 1.29 is 23.1 Å². The van der Waals surface area contributed by atoms with E-state index in [1.807, 2.05) is 19.9 Å². The van der Waals surface area contributed by atoms with Gasteiger partial charge in [0.1, 0.15) is 11.6 Å². The standard InChI is InChI=1S/C22H23F2N3O3S/c1-4-9-27-14(2)10-16(15(27)3)11-17(12-25)21(29)30-13-20(28)26-18-7-5-6-8-19(18)31-22(23)24/h5-8,10-11,22H,4,9,13H2,1-3H3,(H,26,28). The first-order chi connectivity index (χ1) is 14.8.